The van der Waals surface area contributed by atoms with E-state index in [1.807, 2.05) is 12.3 Å². The maximum Gasteiger partial charge on any atom is 0.261 e. The van der Waals surface area contributed by atoms with Crippen molar-refractivity contribution in [1.82, 2.24) is 35.0 Å². The van der Waals surface area contributed by atoms with Gasteiger partial charge in [-0.1, -0.05) is 25.4 Å². The van der Waals surface area contributed by atoms with Crippen LogP contribution in [0.1, 0.15) is 61.1 Å². The third-order valence-electron chi connectivity index (χ3n) is 6.03. The summed E-state index contributed by atoms with van der Waals surface area (Å²) in [6.45, 7) is 4.41. The van der Waals surface area contributed by atoms with E-state index < -0.39 is 0 Å². The number of thiophene rings is 1. The van der Waals surface area contributed by atoms with E-state index in [1.54, 1.807) is 18.5 Å². The standard InChI is InChI=1S/C23H26ClN7OS/c1-13(2)8-21-29-17-11-25-16(22-26-12-27-30-22)10-18(17)31(21)15-5-3-4-14(9-15)28-23(32)19-6-7-20(24)33-19/h6-7,10-15H,3-5,8-9H2,1-2H3,(H,28,32)(H,26,27,30)/t14-,15+/m0/s1. The Morgan fingerprint density at radius 3 is 2.94 bits per heavy atom. The van der Waals surface area contributed by atoms with Gasteiger partial charge in [0.2, 0.25) is 0 Å². The highest BCUT2D eigenvalue weighted by atomic mass is 35.5. The Hall–Kier alpha value is -2.78. The number of fused-ring (bicyclic) bond motifs is 1. The van der Waals surface area contributed by atoms with Crippen molar-refractivity contribution in [1.29, 1.82) is 0 Å². The molecule has 0 radical (unpaired) electrons. The monoisotopic (exact) mass is 483 g/mol. The lowest BCUT2D eigenvalue weighted by atomic mass is 9.90. The molecular weight excluding hydrogens is 458 g/mol. The topological polar surface area (TPSA) is 101 Å². The molecule has 0 aliphatic heterocycles. The number of nitrogens with one attached hydrogen (secondary N) is 2. The molecule has 2 N–H and O–H groups in total. The summed E-state index contributed by atoms with van der Waals surface area (Å²) in [7, 11) is 0. The normalized spacial score (nSPS) is 18.8. The van der Waals surface area contributed by atoms with Gasteiger partial charge >= 0.3 is 0 Å². The number of H-pyrrole nitrogens is 1. The first kappa shape index (κ1) is 22.0. The fourth-order valence-electron chi connectivity index (χ4n) is 4.64. The number of halogens is 1. The van der Waals surface area contributed by atoms with E-state index in [0.717, 1.165) is 54.7 Å². The van der Waals surface area contributed by atoms with Crippen molar-refractivity contribution in [2.75, 3.05) is 0 Å². The van der Waals surface area contributed by atoms with Crippen molar-refractivity contribution >= 4 is 39.9 Å². The summed E-state index contributed by atoms with van der Waals surface area (Å²) >= 11 is 7.33. The lowest BCUT2D eigenvalue weighted by Gasteiger charge is -2.32. The van der Waals surface area contributed by atoms with Crippen LogP contribution in [-0.2, 0) is 6.42 Å². The Balaban J connectivity index is 1.46. The van der Waals surface area contributed by atoms with Crippen LogP contribution in [0.5, 0.6) is 0 Å². The number of nitrogens with zero attached hydrogens (tertiary/aromatic N) is 5. The average Bonchev–Trinajstić information content (AvgIpc) is 3.52. The number of rotatable bonds is 6. The number of pyridine rings is 1. The molecule has 1 saturated carbocycles. The summed E-state index contributed by atoms with van der Waals surface area (Å²) in [6, 6.07) is 5.93. The molecule has 0 spiro atoms. The van der Waals surface area contributed by atoms with Crippen LogP contribution in [0, 0.1) is 5.92 Å². The number of imidazole rings is 1. The quantitative estimate of drug-likeness (QED) is 0.400. The molecule has 4 aromatic heterocycles. The summed E-state index contributed by atoms with van der Waals surface area (Å²) in [4.78, 5) is 27.1. The molecule has 1 fully saturated rings. The zero-order valence-electron chi connectivity index (χ0n) is 18.6. The minimum Gasteiger partial charge on any atom is -0.349 e. The Bertz CT molecular complexity index is 1260. The molecule has 172 valence electrons. The summed E-state index contributed by atoms with van der Waals surface area (Å²) in [6.07, 6.45) is 8.16. The average molecular weight is 484 g/mol. The van der Waals surface area contributed by atoms with E-state index >= 15 is 0 Å². The molecule has 4 aromatic rings. The number of carbonyl (C=O) groups is 1. The van der Waals surface area contributed by atoms with Crippen molar-refractivity contribution < 1.29 is 4.79 Å². The number of aromatic nitrogens is 6. The number of hydrogen-bond acceptors (Lipinski definition) is 6. The fourth-order valence-corrected chi connectivity index (χ4v) is 5.59. The van der Waals surface area contributed by atoms with Crippen molar-refractivity contribution in [3.8, 4) is 11.5 Å². The van der Waals surface area contributed by atoms with Crippen LogP contribution >= 0.6 is 22.9 Å². The van der Waals surface area contributed by atoms with Gasteiger partial charge in [0.05, 0.1) is 20.9 Å². The molecule has 1 amide bonds. The second-order valence-corrected chi connectivity index (χ2v) is 10.7. The largest absolute Gasteiger partial charge is 0.349 e. The molecule has 10 heteroatoms. The van der Waals surface area contributed by atoms with Gasteiger partial charge in [0.1, 0.15) is 23.4 Å². The van der Waals surface area contributed by atoms with Crippen LogP contribution in [0.2, 0.25) is 4.34 Å². The van der Waals surface area contributed by atoms with E-state index in [2.05, 4.69) is 43.9 Å². The predicted octanol–water partition coefficient (Wildman–Crippen LogP) is 5.04. The SMILES string of the molecule is CC(C)Cc1nc2cnc(-c3nc[nH]n3)cc2n1[C@@H]1CCC[C@H](NC(=O)c2ccc(Cl)s2)C1. The van der Waals surface area contributed by atoms with Gasteiger partial charge in [-0.2, -0.15) is 5.10 Å². The number of amides is 1. The lowest BCUT2D eigenvalue weighted by molar-refractivity contribution is 0.0925. The Morgan fingerprint density at radius 1 is 1.33 bits per heavy atom. The molecule has 4 heterocycles. The maximum atomic E-state index is 12.7. The van der Waals surface area contributed by atoms with Crippen LogP contribution in [0.3, 0.4) is 0 Å². The number of aromatic amines is 1. The smallest absolute Gasteiger partial charge is 0.261 e. The van der Waals surface area contributed by atoms with Crippen molar-refractivity contribution in [2.24, 2.45) is 5.92 Å². The Labute approximate surface area is 200 Å². The molecule has 1 aliphatic rings. The Kier molecular flexibility index (Phi) is 6.16. The van der Waals surface area contributed by atoms with Gasteiger partial charge in [-0.3, -0.25) is 14.9 Å². The van der Waals surface area contributed by atoms with E-state index in [-0.39, 0.29) is 18.0 Å². The number of hydrogen-bond donors (Lipinski definition) is 2. The van der Waals surface area contributed by atoms with Gasteiger partial charge in [0, 0.05) is 18.5 Å². The highest BCUT2D eigenvalue weighted by Gasteiger charge is 2.28. The van der Waals surface area contributed by atoms with Gasteiger partial charge in [0.25, 0.3) is 5.91 Å². The predicted molar refractivity (Wildman–Crippen MR) is 130 cm³/mol. The van der Waals surface area contributed by atoms with E-state index in [1.165, 1.54) is 11.3 Å². The second kappa shape index (κ2) is 9.23. The van der Waals surface area contributed by atoms with Crippen LogP contribution in [-0.4, -0.2) is 41.7 Å². The van der Waals surface area contributed by atoms with Gasteiger partial charge in [0.15, 0.2) is 5.82 Å². The van der Waals surface area contributed by atoms with Gasteiger partial charge < -0.3 is 9.88 Å². The minimum absolute atomic E-state index is 0.0495. The second-order valence-electron chi connectivity index (χ2n) is 8.97. The van der Waals surface area contributed by atoms with Crippen molar-refractivity contribution in [2.45, 2.75) is 58.0 Å². The van der Waals surface area contributed by atoms with E-state index in [9.17, 15) is 4.79 Å². The molecule has 5 rings (SSSR count). The molecule has 0 bridgehead atoms. The molecule has 1 aliphatic carbocycles. The summed E-state index contributed by atoms with van der Waals surface area (Å²) in [5.74, 6) is 2.06. The lowest BCUT2D eigenvalue weighted by Crippen LogP contribution is -2.38. The highest BCUT2D eigenvalue weighted by Crippen LogP contribution is 2.34. The highest BCUT2D eigenvalue weighted by molar-refractivity contribution is 7.18. The molecule has 33 heavy (non-hydrogen) atoms. The van der Waals surface area contributed by atoms with Crippen molar-refractivity contribution in [3.63, 3.8) is 0 Å². The van der Waals surface area contributed by atoms with Crippen LogP contribution in [0.4, 0.5) is 0 Å². The zero-order valence-corrected chi connectivity index (χ0v) is 20.2. The van der Waals surface area contributed by atoms with Crippen LogP contribution < -0.4 is 5.32 Å². The summed E-state index contributed by atoms with van der Waals surface area (Å²) in [5, 5.41) is 10.2. The first-order valence-electron chi connectivity index (χ1n) is 11.3. The number of carbonyl (C=O) groups excluding carboxylic acids is 1. The van der Waals surface area contributed by atoms with E-state index in [4.69, 9.17) is 16.6 Å². The van der Waals surface area contributed by atoms with Crippen molar-refractivity contribution in [3.05, 3.63) is 45.8 Å². The van der Waals surface area contributed by atoms with Gasteiger partial charge in [-0.15, -0.1) is 11.3 Å². The molecule has 8 nitrogen and oxygen atoms in total. The molecule has 0 unspecified atom stereocenters. The fraction of sp³-hybridized carbons (Fsp3) is 0.435. The van der Waals surface area contributed by atoms with Gasteiger partial charge in [-0.05, 0) is 49.8 Å². The zero-order chi connectivity index (χ0) is 22.9. The third-order valence-corrected chi connectivity index (χ3v) is 7.26. The Morgan fingerprint density at radius 2 is 2.21 bits per heavy atom. The molecular formula is C23H26ClN7OS. The van der Waals surface area contributed by atoms with Gasteiger partial charge in [-0.25, -0.2) is 9.97 Å². The third kappa shape index (κ3) is 4.65. The molecule has 0 saturated heterocycles. The first-order valence-corrected chi connectivity index (χ1v) is 12.5. The van der Waals surface area contributed by atoms with Crippen LogP contribution in [0.25, 0.3) is 22.6 Å². The van der Waals surface area contributed by atoms with Crippen LogP contribution in [0.15, 0.2) is 30.7 Å². The maximum absolute atomic E-state index is 12.7. The summed E-state index contributed by atoms with van der Waals surface area (Å²) < 4.78 is 2.99. The minimum atomic E-state index is -0.0495. The van der Waals surface area contributed by atoms with E-state index in [0.29, 0.717) is 21.0 Å². The summed E-state index contributed by atoms with van der Waals surface area (Å²) in [5.41, 5.74) is 2.64. The molecule has 0 aromatic carbocycles. The first-order chi connectivity index (χ1) is 16.0. The molecule has 2 atom stereocenters.